The predicted molar refractivity (Wildman–Crippen MR) is 80.0 cm³/mol. The summed E-state index contributed by atoms with van der Waals surface area (Å²) in [5, 5.41) is 2.18. The van der Waals surface area contributed by atoms with E-state index < -0.39 is 36.0 Å². The Hall–Kier alpha value is -2.70. The summed E-state index contributed by atoms with van der Waals surface area (Å²) in [6, 6.07) is 7.63. The Balaban J connectivity index is 2.38. The van der Waals surface area contributed by atoms with Crippen LogP contribution in [0.1, 0.15) is 32.3 Å². The van der Waals surface area contributed by atoms with Crippen LogP contribution in [0, 0.1) is 0 Å². The maximum Gasteiger partial charge on any atom is 0.333 e. The van der Waals surface area contributed by atoms with E-state index in [9.17, 15) is 19.2 Å². The number of nitrogens with zero attached hydrogens (tertiary/aromatic N) is 1. The minimum absolute atomic E-state index is 0.125. The number of esters is 1. The predicted octanol–water partition coefficient (Wildman–Crippen LogP) is 1.32. The number of amides is 4. The van der Waals surface area contributed by atoms with Gasteiger partial charge in [0.2, 0.25) is 5.91 Å². The van der Waals surface area contributed by atoms with Crippen molar-refractivity contribution in [2.45, 2.75) is 32.1 Å². The first-order valence-corrected chi connectivity index (χ1v) is 7.35. The monoisotopic (exact) mass is 318 g/mol. The summed E-state index contributed by atoms with van der Waals surface area (Å²) in [5.74, 6) is -1.90. The average molecular weight is 318 g/mol. The standard InChI is InChI=1S/C16H18N2O5/c1-3-12(19)23-10-18-14(21)16(4-2,13(20)17-15(18)22)11-8-6-5-7-9-11/h5-9H,3-4,10H2,1-2H3,(H,17,20,22)/t16-/m0/s1. The lowest BCUT2D eigenvalue weighted by atomic mass is 9.75. The number of benzene rings is 1. The summed E-state index contributed by atoms with van der Waals surface area (Å²) >= 11 is 0. The van der Waals surface area contributed by atoms with Gasteiger partial charge in [-0.25, -0.2) is 9.69 Å². The minimum atomic E-state index is -1.51. The maximum absolute atomic E-state index is 12.9. The van der Waals surface area contributed by atoms with Crippen molar-refractivity contribution < 1.29 is 23.9 Å². The third-order valence-corrected chi connectivity index (χ3v) is 3.90. The number of hydrogen-bond donors (Lipinski definition) is 1. The van der Waals surface area contributed by atoms with E-state index in [-0.39, 0.29) is 12.8 Å². The van der Waals surface area contributed by atoms with Crippen LogP contribution in [0.25, 0.3) is 0 Å². The largest absolute Gasteiger partial charge is 0.444 e. The van der Waals surface area contributed by atoms with Crippen LogP contribution in [-0.4, -0.2) is 35.4 Å². The van der Waals surface area contributed by atoms with Crippen molar-refractivity contribution in [3.8, 4) is 0 Å². The number of barbiturate groups is 1. The van der Waals surface area contributed by atoms with Crippen molar-refractivity contribution in [3.63, 3.8) is 0 Å². The molecule has 1 atom stereocenters. The number of urea groups is 1. The molecule has 7 heteroatoms. The van der Waals surface area contributed by atoms with Gasteiger partial charge in [-0.15, -0.1) is 0 Å². The van der Waals surface area contributed by atoms with Gasteiger partial charge in [-0.05, 0) is 12.0 Å². The normalized spacial score (nSPS) is 21.1. The molecule has 0 aliphatic carbocycles. The molecule has 23 heavy (non-hydrogen) atoms. The zero-order chi connectivity index (χ0) is 17.0. The van der Waals surface area contributed by atoms with Crippen LogP contribution in [0.15, 0.2) is 30.3 Å². The molecule has 0 aromatic heterocycles. The van der Waals surface area contributed by atoms with Crippen LogP contribution in [0.2, 0.25) is 0 Å². The first-order chi connectivity index (χ1) is 11.0. The summed E-state index contributed by atoms with van der Waals surface area (Å²) in [4.78, 5) is 49.2. The molecule has 1 aliphatic rings. The molecule has 0 saturated carbocycles. The number of hydrogen-bond acceptors (Lipinski definition) is 5. The van der Waals surface area contributed by atoms with E-state index in [2.05, 4.69) is 5.32 Å². The molecule has 122 valence electrons. The third kappa shape index (κ3) is 2.81. The minimum Gasteiger partial charge on any atom is -0.444 e. The zero-order valence-electron chi connectivity index (χ0n) is 13.0. The second kappa shape index (κ2) is 6.60. The van der Waals surface area contributed by atoms with Gasteiger partial charge in [0.25, 0.3) is 5.91 Å². The van der Waals surface area contributed by atoms with E-state index in [0.29, 0.717) is 5.56 Å². The first-order valence-electron chi connectivity index (χ1n) is 7.35. The summed E-state index contributed by atoms with van der Waals surface area (Å²) in [6.45, 7) is 2.78. The van der Waals surface area contributed by atoms with E-state index in [0.717, 1.165) is 4.90 Å². The van der Waals surface area contributed by atoms with Gasteiger partial charge >= 0.3 is 12.0 Å². The van der Waals surface area contributed by atoms with Crippen molar-refractivity contribution in [2.75, 3.05) is 6.73 Å². The number of carbonyl (C=O) groups excluding carboxylic acids is 4. The van der Waals surface area contributed by atoms with E-state index in [1.807, 2.05) is 0 Å². The number of imide groups is 2. The van der Waals surface area contributed by atoms with Crippen LogP contribution in [0.4, 0.5) is 4.79 Å². The molecular weight excluding hydrogens is 300 g/mol. The molecule has 1 aromatic carbocycles. The molecule has 2 rings (SSSR count). The molecule has 0 unspecified atom stereocenters. The van der Waals surface area contributed by atoms with Crippen LogP contribution in [0.5, 0.6) is 0 Å². The number of carbonyl (C=O) groups is 4. The molecule has 1 heterocycles. The van der Waals surface area contributed by atoms with Gasteiger partial charge in [0.1, 0.15) is 0 Å². The second-order valence-corrected chi connectivity index (χ2v) is 5.12. The molecule has 1 aromatic rings. The molecule has 0 spiro atoms. The molecular formula is C16H18N2O5. The topological polar surface area (TPSA) is 92.8 Å². The molecule has 1 saturated heterocycles. The Morgan fingerprint density at radius 1 is 1.17 bits per heavy atom. The fraction of sp³-hybridized carbons (Fsp3) is 0.375. The average Bonchev–Trinajstić information content (AvgIpc) is 2.56. The SMILES string of the molecule is CCC(=O)OCN1C(=O)NC(=O)[C@](CC)(c2ccccc2)C1=O. The van der Waals surface area contributed by atoms with Crippen molar-refractivity contribution >= 4 is 23.8 Å². The van der Waals surface area contributed by atoms with E-state index in [4.69, 9.17) is 4.74 Å². The maximum atomic E-state index is 12.9. The highest BCUT2D eigenvalue weighted by molar-refractivity contribution is 6.22. The summed E-state index contributed by atoms with van der Waals surface area (Å²) in [5.41, 5.74) is -1.02. The van der Waals surface area contributed by atoms with E-state index >= 15 is 0 Å². The molecule has 7 nitrogen and oxygen atoms in total. The second-order valence-electron chi connectivity index (χ2n) is 5.12. The lowest BCUT2D eigenvalue weighted by Gasteiger charge is -2.38. The van der Waals surface area contributed by atoms with Gasteiger partial charge in [-0.3, -0.25) is 19.7 Å². The van der Waals surface area contributed by atoms with Gasteiger partial charge in [0.15, 0.2) is 12.1 Å². The van der Waals surface area contributed by atoms with Crippen LogP contribution >= 0.6 is 0 Å². The molecule has 1 N–H and O–H groups in total. The Kier molecular flexibility index (Phi) is 4.78. The highest BCUT2D eigenvalue weighted by Crippen LogP contribution is 2.33. The Morgan fingerprint density at radius 2 is 1.83 bits per heavy atom. The zero-order valence-corrected chi connectivity index (χ0v) is 13.0. The Labute approximate surface area is 133 Å². The molecule has 0 radical (unpaired) electrons. The van der Waals surface area contributed by atoms with Gasteiger partial charge in [0, 0.05) is 6.42 Å². The highest BCUT2D eigenvalue weighted by atomic mass is 16.5. The first kappa shape index (κ1) is 16.7. The van der Waals surface area contributed by atoms with Crippen LogP contribution in [-0.2, 0) is 24.5 Å². The summed E-state index contributed by atoms with van der Waals surface area (Å²) < 4.78 is 4.87. The van der Waals surface area contributed by atoms with Gasteiger partial charge in [-0.2, -0.15) is 0 Å². The number of nitrogens with one attached hydrogen (secondary N) is 1. The Bertz CT molecular complexity index is 643. The van der Waals surface area contributed by atoms with Crippen molar-refractivity contribution in [1.82, 2.24) is 10.2 Å². The van der Waals surface area contributed by atoms with Crippen LogP contribution in [0.3, 0.4) is 0 Å². The Morgan fingerprint density at radius 3 is 2.39 bits per heavy atom. The molecule has 1 fully saturated rings. The van der Waals surface area contributed by atoms with Gasteiger partial charge < -0.3 is 4.74 Å². The van der Waals surface area contributed by atoms with E-state index in [1.165, 1.54) is 0 Å². The lowest BCUT2D eigenvalue weighted by molar-refractivity contribution is -0.155. The highest BCUT2D eigenvalue weighted by Gasteiger charge is 2.54. The number of ether oxygens (including phenoxy) is 1. The van der Waals surface area contributed by atoms with Crippen molar-refractivity contribution in [3.05, 3.63) is 35.9 Å². The van der Waals surface area contributed by atoms with Crippen LogP contribution < -0.4 is 5.32 Å². The van der Waals surface area contributed by atoms with Crippen molar-refractivity contribution in [1.29, 1.82) is 0 Å². The van der Waals surface area contributed by atoms with Gasteiger partial charge in [-0.1, -0.05) is 44.2 Å². The summed E-state index contributed by atoms with van der Waals surface area (Å²) in [7, 11) is 0. The molecule has 4 amide bonds. The summed E-state index contributed by atoms with van der Waals surface area (Å²) in [6.07, 6.45) is 0.299. The quantitative estimate of drug-likeness (QED) is 0.653. The fourth-order valence-corrected chi connectivity index (χ4v) is 2.54. The van der Waals surface area contributed by atoms with E-state index in [1.54, 1.807) is 44.2 Å². The van der Waals surface area contributed by atoms with Gasteiger partial charge in [0.05, 0.1) is 0 Å². The smallest absolute Gasteiger partial charge is 0.333 e. The lowest BCUT2D eigenvalue weighted by Crippen LogP contribution is -2.66. The number of rotatable bonds is 5. The fourth-order valence-electron chi connectivity index (χ4n) is 2.54. The van der Waals surface area contributed by atoms with Crippen molar-refractivity contribution in [2.24, 2.45) is 0 Å². The third-order valence-electron chi connectivity index (χ3n) is 3.90. The molecule has 1 aliphatic heterocycles. The molecule has 0 bridgehead atoms.